The van der Waals surface area contributed by atoms with E-state index in [0.717, 1.165) is 10.9 Å². The van der Waals surface area contributed by atoms with Gasteiger partial charge in [-0.1, -0.05) is 42.5 Å². The summed E-state index contributed by atoms with van der Waals surface area (Å²) in [5.74, 6) is -0.536. The van der Waals surface area contributed by atoms with Gasteiger partial charge in [0.15, 0.2) is 0 Å². The lowest BCUT2D eigenvalue weighted by Gasteiger charge is -2.08. The number of hydrazone groups is 1. The van der Waals surface area contributed by atoms with Crippen molar-refractivity contribution in [1.82, 2.24) is 5.43 Å². The fraction of sp³-hybridized carbons (Fsp3) is 0.0526. The third-order valence-electron chi connectivity index (χ3n) is 3.79. The van der Waals surface area contributed by atoms with Crippen LogP contribution in [0.25, 0.3) is 10.8 Å². The predicted molar refractivity (Wildman–Crippen MR) is 96.1 cm³/mol. The SMILES string of the molecule is C/C(=N\NC(=O)c1c(O)ccc2ccccc12)c1ccc(N)cc1. The highest BCUT2D eigenvalue weighted by atomic mass is 16.3. The van der Waals surface area contributed by atoms with Gasteiger partial charge in [-0.3, -0.25) is 4.79 Å². The highest BCUT2D eigenvalue weighted by Gasteiger charge is 2.14. The molecule has 0 aliphatic rings. The summed E-state index contributed by atoms with van der Waals surface area (Å²) in [5, 5.41) is 15.7. The van der Waals surface area contributed by atoms with E-state index >= 15 is 0 Å². The van der Waals surface area contributed by atoms with Gasteiger partial charge in [0.05, 0.1) is 11.3 Å². The maximum Gasteiger partial charge on any atom is 0.275 e. The van der Waals surface area contributed by atoms with Crippen molar-refractivity contribution in [1.29, 1.82) is 0 Å². The van der Waals surface area contributed by atoms with Crippen LogP contribution in [0.4, 0.5) is 5.69 Å². The smallest absolute Gasteiger partial charge is 0.275 e. The van der Waals surface area contributed by atoms with Crippen LogP contribution in [0.15, 0.2) is 65.8 Å². The van der Waals surface area contributed by atoms with Crippen molar-refractivity contribution >= 4 is 28.1 Å². The number of hydrogen-bond acceptors (Lipinski definition) is 4. The Hall–Kier alpha value is -3.34. The summed E-state index contributed by atoms with van der Waals surface area (Å²) < 4.78 is 0. The average molecular weight is 319 g/mol. The maximum absolute atomic E-state index is 12.5. The average Bonchev–Trinajstić information content (AvgIpc) is 2.60. The largest absolute Gasteiger partial charge is 0.507 e. The van der Waals surface area contributed by atoms with Gasteiger partial charge >= 0.3 is 0 Å². The molecule has 3 rings (SSSR count). The first kappa shape index (κ1) is 15.6. The Balaban J connectivity index is 1.89. The molecule has 0 aliphatic heterocycles. The molecule has 0 saturated heterocycles. The monoisotopic (exact) mass is 319 g/mol. The Kier molecular flexibility index (Phi) is 4.16. The third kappa shape index (κ3) is 3.05. The minimum Gasteiger partial charge on any atom is -0.507 e. The predicted octanol–water partition coefficient (Wildman–Crippen LogP) is 3.28. The number of nitrogens with two attached hydrogens (primary N) is 1. The van der Waals surface area contributed by atoms with Gasteiger partial charge in [-0.2, -0.15) is 5.10 Å². The zero-order chi connectivity index (χ0) is 17.1. The van der Waals surface area contributed by atoms with Crippen LogP contribution >= 0.6 is 0 Å². The zero-order valence-corrected chi connectivity index (χ0v) is 13.2. The quantitative estimate of drug-likeness (QED) is 0.393. The Labute approximate surface area is 139 Å². The fourth-order valence-electron chi connectivity index (χ4n) is 2.48. The van der Waals surface area contributed by atoms with E-state index in [2.05, 4.69) is 10.5 Å². The number of nitrogens with one attached hydrogen (secondary N) is 1. The second-order valence-corrected chi connectivity index (χ2v) is 5.44. The summed E-state index contributed by atoms with van der Waals surface area (Å²) in [7, 11) is 0. The number of phenolic OH excluding ortho intramolecular Hbond substituents is 1. The van der Waals surface area contributed by atoms with Crippen molar-refractivity contribution in [2.24, 2.45) is 5.10 Å². The molecule has 0 atom stereocenters. The van der Waals surface area contributed by atoms with Crippen LogP contribution in [0.5, 0.6) is 5.75 Å². The first-order chi connectivity index (χ1) is 11.6. The Morgan fingerprint density at radius 1 is 1.04 bits per heavy atom. The number of anilines is 1. The van der Waals surface area contributed by atoms with Gasteiger partial charge in [0.1, 0.15) is 5.75 Å². The molecule has 120 valence electrons. The van der Waals surface area contributed by atoms with Crippen LogP contribution in [0, 0.1) is 0 Å². The van der Waals surface area contributed by atoms with Crippen LogP contribution in [0.2, 0.25) is 0 Å². The lowest BCUT2D eigenvalue weighted by Crippen LogP contribution is -2.19. The first-order valence-corrected chi connectivity index (χ1v) is 7.47. The van der Waals surface area contributed by atoms with E-state index in [1.54, 1.807) is 31.2 Å². The molecule has 0 spiro atoms. The van der Waals surface area contributed by atoms with Gasteiger partial charge < -0.3 is 10.8 Å². The van der Waals surface area contributed by atoms with Gasteiger partial charge in [-0.05, 0) is 41.5 Å². The normalized spacial score (nSPS) is 11.5. The minimum atomic E-state index is -0.459. The number of rotatable bonds is 3. The summed E-state index contributed by atoms with van der Waals surface area (Å²) in [6, 6.07) is 17.9. The second kappa shape index (κ2) is 6.42. The highest BCUT2D eigenvalue weighted by molar-refractivity contribution is 6.10. The number of aromatic hydroxyl groups is 1. The van der Waals surface area contributed by atoms with Gasteiger partial charge in [-0.15, -0.1) is 0 Å². The molecule has 5 heteroatoms. The van der Waals surface area contributed by atoms with Gasteiger partial charge in [-0.25, -0.2) is 5.43 Å². The van der Waals surface area contributed by atoms with E-state index in [-0.39, 0.29) is 11.3 Å². The first-order valence-electron chi connectivity index (χ1n) is 7.47. The molecule has 0 saturated carbocycles. The number of amides is 1. The molecule has 1 amide bonds. The molecule has 5 nitrogen and oxygen atoms in total. The third-order valence-corrected chi connectivity index (χ3v) is 3.79. The van der Waals surface area contributed by atoms with Crippen molar-refractivity contribution in [3.63, 3.8) is 0 Å². The molecule has 0 radical (unpaired) electrons. The molecule has 0 bridgehead atoms. The number of nitrogen functional groups attached to an aromatic ring is 1. The second-order valence-electron chi connectivity index (χ2n) is 5.44. The number of phenols is 1. The van der Waals surface area contributed by atoms with Crippen LogP contribution < -0.4 is 11.2 Å². The van der Waals surface area contributed by atoms with E-state index in [0.29, 0.717) is 16.8 Å². The maximum atomic E-state index is 12.5. The van der Waals surface area contributed by atoms with Crippen molar-refractivity contribution in [3.05, 3.63) is 71.8 Å². The van der Waals surface area contributed by atoms with E-state index in [9.17, 15) is 9.90 Å². The van der Waals surface area contributed by atoms with Gasteiger partial charge in [0.25, 0.3) is 5.91 Å². The number of hydrogen-bond donors (Lipinski definition) is 3. The molecular formula is C19H17N3O2. The highest BCUT2D eigenvalue weighted by Crippen LogP contribution is 2.26. The zero-order valence-electron chi connectivity index (χ0n) is 13.2. The molecular weight excluding hydrogens is 302 g/mol. The van der Waals surface area contributed by atoms with Crippen molar-refractivity contribution in [2.45, 2.75) is 6.92 Å². The molecule has 3 aromatic rings. The lowest BCUT2D eigenvalue weighted by molar-refractivity contribution is 0.0954. The number of benzene rings is 3. The molecule has 24 heavy (non-hydrogen) atoms. The van der Waals surface area contributed by atoms with E-state index in [1.165, 1.54) is 6.07 Å². The van der Waals surface area contributed by atoms with Crippen molar-refractivity contribution in [3.8, 4) is 5.75 Å². The Morgan fingerprint density at radius 3 is 2.50 bits per heavy atom. The minimum absolute atomic E-state index is 0.0773. The van der Waals surface area contributed by atoms with E-state index < -0.39 is 5.91 Å². The molecule has 0 unspecified atom stereocenters. The van der Waals surface area contributed by atoms with Gasteiger partial charge in [0.2, 0.25) is 0 Å². The topological polar surface area (TPSA) is 87.7 Å². The molecule has 3 aromatic carbocycles. The number of fused-ring (bicyclic) bond motifs is 1. The van der Waals surface area contributed by atoms with Crippen LogP contribution in [-0.4, -0.2) is 16.7 Å². The van der Waals surface area contributed by atoms with Crippen molar-refractivity contribution in [2.75, 3.05) is 5.73 Å². The van der Waals surface area contributed by atoms with Crippen molar-refractivity contribution < 1.29 is 9.90 Å². The van der Waals surface area contributed by atoms with Crippen LogP contribution in [0.3, 0.4) is 0 Å². The molecule has 0 aromatic heterocycles. The Bertz CT molecular complexity index is 931. The standard InChI is InChI=1S/C19H17N3O2/c1-12(13-6-9-15(20)10-7-13)21-22-19(24)18-16-5-3-2-4-14(16)8-11-17(18)23/h2-11,23H,20H2,1H3,(H,22,24)/b21-12+. The summed E-state index contributed by atoms with van der Waals surface area (Å²) in [5.41, 5.74) is 10.5. The van der Waals surface area contributed by atoms with E-state index in [4.69, 9.17) is 5.73 Å². The molecule has 4 N–H and O–H groups in total. The van der Waals surface area contributed by atoms with E-state index in [1.807, 2.05) is 30.3 Å². The lowest BCUT2D eigenvalue weighted by atomic mass is 10.0. The molecule has 0 heterocycles. The summed E-state index contributed by atoms with van der Waals surface area (Å²) in [4.78, 5) is 12.5. The summed E-state index contributed by atoms with van der Waals surface area (Å²) in [6.07, 6.45) is 0. The fourth-order valence-corrected chi connectivity index (χ4v) is 2.48. The number of carbonyl (C=O) groups is 1. The van der Waals surface area contributed by atoms with Crippen LogP contribution in [0.1, 0.15) is 22.8 Å². The summed E-state index contributed by atoms with van der Waals surface area (Å²) in [6.45, 7) is 1.79. The summed E-state index contributed by atoms with van der Waals surface area (Å²) >= 11 is 0. The Morgan fingerprint density at radius 2 is 1.75 bits per heavy atom. The van der Waals surface area contributed by atoms with Crippen LogP contribution in [-0.2, 0) is 0 Å². The molecule has 0 aliphatic carbocycles. The van der Waals surface area contributed by atoms with Gasteiger partial charge in [0, 0.05) is 5.69 Å². The number of carbonyl (C=O) groups excluding carboxylic acids is 1. The molecule has 0 fully saturated rings. The number of nitrogens with zero attached hydrogens (tertiary/aromatic N) is 1.